The number of benzene rings is 1. The number of amides is 1. The highest BCUT2D eigenvalue weighted by atomic mass is 19.1. The Labute approximate surface area is 141 Å². The molecule has 1 aromatic rings. The van der Waals surface area contributed by atoms with E-state index in [0.29, 0.717) is 5.56 Å². The summed E-state index contributed by atoms with van der Waals surface area (Å²) in [5, 5.41) is 22.4. The summed E-state index contributed by atoms with van der Waals surface area (Å²) in [7, 11) is 1.16. The van der Waals surface area contributed by atoms with Crippen molar-refractivity contribution in [1.82, 2.24) is 4.90 Å². The van der Waals surface area contributed by atoms with Gasteiger partial charge in [-0.2, -0.15) is 4.39 Å². The first-order valence-corrected chi connectivity index (χ1v) is 7.23. The molecule has 134 valence electrons. The number of anilines is 1. The van der Waals surface area contributed by atoms with Gasteiger partial charge in [0.2, 0.25) is 5.82 Å². The maximum Gasteiger partial charge on any atom is 0.337 e. The van der Waals surface area contributed by atoms with Crippen LogP contribution in [0.5, 0.6) is 0 Å². The summed E-state index contributed by atoms with van der Waals surface area (Å²) < 4.78 is 18.5. The lowest BCUT2D eigenvalue weighted by atomic mass is 10.1. The summed E-state index contributed by atoms with van der Waals surface area (Å²) in [6.45, 7) is 1.15. The fraction of sp³-hybridized carbons (Fsp3) is 0.333. The molecule has 10 heteroatoms. The van der Waals surface area contributed by atoms with Crippen molar-refractivity contribution in [2.75, 3.05) is 32.1 Å². The zero-order chi connectivity index (χ0) is 18.7. The SMILES string of the molecule is COC(=O)C1=C(Nc2cc(F)c([N+](=O)[O-])cc2C)C(=O)N(CCO)C1. The lowest BCUT2D eigenvalue weighted by Gasteiger charge is -2.15. The van der Waals surface area contributed by atoms with Crippen LogP contribution >= 0.6 is 0 Å². The Morgan fingerprint density at radius 2 is 2.20 bits per heavy atom. The average molecular weight is 353 g/mol. The number of hydrogen-bond acceptors (Lipinski definition) is 7. The van der Waals surface area contributed by atoms with Crippen molar-refractivity contribution in [1.29, 1.82) is 0 Å². The van der Waals surface area contributed by atoms with E-state index in [1.165, 1.54) is 11.8 Å². The van der Waals surface area contributed by atoms with E-state index in [4.69, 9.17) is 5.11 Å². The summed E-state index contributed by atoms with van der Waals surface area (Å²) >= 11 is 0. The number of carbonyl (C=O) groups excluding carboxylic acids is 2. The smallest absolute Gasteiger partial charge is 0.337 e. The molecular weight excluding hydrogens is 337 g/mol. The first-order chi connectivity index (χ1) is 11.8. The summed E-state index contributed by atoms with van der Waals surface area (Å²) in [6, 6.07) is 1.91. The van der Waals surface area contributed by atoms with Crippen molar-refractivity contribution >= 4 is 23.3 Å². The van der Waals surface area contributed by atoms with Crippen molar-refractivity contribution in [3.63, 3.8) is 0 Å². The van der Waals surface area contributed by atoms with Gasteiger partial charge in [0.25, 0.3) is 5.91 Å². The van der Waals surface area contributed by atoms with E-state index in [0.717, 1.165) is 19.2 Å². The van der Waals surface area contributed by atoms with E-state index in [1.54, 1.807) is 0 Å². The Morgan fingerprint density at radius 1 is 1.52 bits per heavy atom. The molecule has 1 amide bonds. The third kappa shape index (κ3) is 3.58. The zero-order valence-corrected chi connectivity index (χ0v) is 13.5. The number of methoxy groups -OCH3 is 1. The predicted octanol–water partition coefficient (Wildman–Crippen LogP) is 0.716. The Morgan fingerprint density at radius 3 is 2.76 bits per heavy atom. The topological polar surface area (TPSA) is 122 Å². The second kappa shape index (κ2) is 7.26. The number of ether oxygens (including phenoxy) is 1. The summed E-state index contributed by atoms with van der Waals surface area (Å²) in [5.74, 6) is -2.38. The molecule has 0 unspecified atom stereocenters. The first-order valence-electron chi connectivity index (χ1n) is 7.23. The molecule has 1 aliphatic rings. The van der Waals surface area contributed by atoms with Crippen molar-refractivity contribution in [2.24, 2.45) is 0 Å². The molecule has 0 atom stereocenters. The molecule has 0 aromatic heterocycles. The van der Waals surface area contributed by atoms with Crippen molar-refractivity contribution in [2.45, 2.75) is 6.92 Å². The number of nitro benzene ring substituents is 1. The van der Waals surface area contributed by atoms with Gasteiger partial charge in [0, 0.05) is 24.4 Å². The molecule has 0 radical (unpaired) electrons. The maximum atomic E-state index is 13.9. The van der Waals surface area contributed by atoms with Gasteiger partial charge in [-0.15, -0.1) is 0 Å². The molecule has 0 saturated heterocycles. The average Bonchev–Trinajstić information content (AvgIpc) is 2.86. The van der Waals surface area contributed by atoms with Gasteiger partial charge < -0.3 is 20.1 Å². The van der Waals surface area contributed by atoms with Gasteiger partial charge in [-0.3, -0.25) is 14.9 Å². The van der Waals surface area contributed by atoms with E-state index >= 15 is 0 Å². The molecule has 0 fully saturated rings. The number of hydrogen-bond donors (Lipinski definition) is 2. The second-order valence-corrected chi connectivity index (χ2v) is 5.30. The minimum atomic E-state index is -1.07. The normalized spacial score (nSPS) is 14.1. The number of carbonyl (C=O) groups is 2. The monoisotopic (exact) mass is 353 g/mol. The van der Waals surface area contributed by atoms with Gasteiger partial charge in [0.15, 0.2) is 0 Å². The molecule has 0 aliphatic carbocycles. The van der Waals surface area contributed by atoms with E-state index in [9.17, 15) is 24.1 Å². The molecule has 9 nitrogen and oxygen atoms in total. The number of aliphatic hydroxyl groups is 1. The number of β-amino-alcohol motifs (C(OH)–C–C–N with tert-alkyl or cyclic N) is 1. The summed E-state index contributed by atoms with van der Waals surface area (Å²) in [4.78, 5) is 35.4. The molecular formula is C15H16FN3O6. The Kier molecular flexibility index (Phi) is 5.32. The van der Waals surface area contributed by atoms with Crippen LogP contribution in [0, 0.1) is 22.9 Å². The largest absolute Gasteiger partial charge is 0.466 e. The summed E-state index contributed by atoms with van der Waals surface area (Å²) in [5.41, 5.74) is -0.349. The quantitative estimate of drug-likeness (QED) is 0.439. The molecule has 0 spiro atoms. The van der Waals surface area contributed by atoms with Crippen molar-refractivity contribution in [3.8, 4) is 0 Å². The molecule has 1 heterocycles. The molecule has 0 bridgehead atoms. The van der Waals surface area contributed by atoms with Crippen LogP contribution in [0.1, 0.15) is 5.56 Å². The number of aliphatic hydroxyl groups excluding tert-OH is 1. The number of halogens is 1. The number of nitrogens with one attached hydrogen (secondary N) is 1. The van der Waals surface area contributed by atoms with Crippen LogP contribution in [-0.4, -0.2) is 53.6 Å². The van der Waals surface area contributed by atoms with E-state index in [-0.39, 0.29) is 36.7 Å². The van der Waals surface area contributed by atoms with Crippen molar-refractivity contribution in [3.05, 3.63) is 44.9 Å². The number of aryl methyl sites for hydroxylation is 1. The van der Waals surface area contributed by atoms with Crippen molar-refractivity contribution < 1.29 is 28.7 Å². The second-order valence-electron chi connectivity index (χ2n) is 5.30. The maximum absolute atomic E-state index is 13.9. The lowest BCUT2D eigenvalue weighted by molar-refractivity contribution is -0.387. The molecule has 1 aromatic carbocycles. The highest BCUT2D eigenvalue weighted by molar-refractivity contribution is 6.08. The fourth-order valence-corrected chi connectivity index (χ4v) is 2.42. The van der Waals surface area contributed by atoms with Gasteiger partial charge in [-0.05, 0) is 12.5 Å². The van der Waals surface area contributed by atoms with Crippen LogP contribution in [0.25, 0.3) is 0 Å². The Bertz CT molecular complexity index is 777. The minimum Gasteiger partial charge on any atom is -0.466 e. The molecule has 25 heavy (non-hydrogen) atoms. The third-order valence-electron chi connectivity index (χ3n) is 3.70. The van der Waals surface area contributed by atoms with Crippen LogP contribution in [0.15, 0.2) is 23.4 Å². The van der Waals surface area contributed by atoms with Crippen LogP contribution in [0.3, 0.4) is 0 Å². The van der Waals surface area contributed by atoms with Gasteiger partial charge in [0.1, 0.15) is 5.70 Å². The third-order valence-corrected chi connectivity index (χ3v) is 3.70. The van der Waals surface area contributed by atoms with Crippen LogP contribution in [0.2, 0.25) is 0 Å². The molecule has 2 rings (SSSR count). The fourth-order valence-electron chi connectivity index (χ4n) is 2.42. The van der Waals surface area contributed by atoms with Crippen LogP contribution in [0.4, 0.5) is 15.8 Å². The van der Waals surface area contributed by atoms with Crippen LogP contribution < -0.4 is 5.32 Å². The predicted molar refractivity (Wildman–Crippen MR) is 84.1 cm³/mol. The van der Waals surface area contributed by atoms with Gasteiger partial charge >= 0.3 is 11.7 Å². The Balaban J connectivity index is 2.42. The number of esters is 1. The number of rotatable bonds is 6. The minimum absolute atomic E-state index is 0.0120. The van der Waals surface area contributed by atoms with Gasteiger partial charge in [0.05, 0.1) is 30.8 Å². The highest BCUT2D eigenvalue weighted by Gasteiger charge is 2.34. The number of nitrogens with zero attached hydrogens (tertiary/aromatic N) is 2. The summed E-state index contributed by atoms with van der Waals surface area (Å²) in [6.07, 6.45) is 0. The first kappa shape index (κ1) is 18.3. The standard InChI is InChI=1S/C15H16FN3O6/c1-8-5-12(19(23)24)10(16)6-11(8)17-13-9(15(22)25-2)7-18(3-4-20)14(13)21/h5-6,17,20H,3-4,7H2,1-2H3. The van der Waals surface area contributed by atoms with E-state index in [2.05, 4.69) is 10.1 Å². The molecule has 1 aliphatic heterocycles. The van der Waals surface area contributed by atoms with Gasteiger partial charge in [-0.1, -0.05) is 0 Å². The lowest BCUT2D eigenvalue weighted by Crippen LogP contribution is -2.31. The zero-order valence-electron chi connectivity index (χ0n) is 13.5. The van der Waals surface area contributed by atoms with Gasteiger partial charge in [-0.25, -0.2) is 4.79 Å². The number of nitro groups is 1. The van der Waals surface area contributed by atoms with E-state index < -0.39 is 28.3 Å². The van der Waals surface area contributed by atoms with Crippen LogP contribution in [-0.2, 0) is 14.3 Å². The van der Waals surface area contributed by atoms with E-state index in [1.807, 2.05) is 0 Å². The Hall–Kier alpha value is -3.01. The highest BCUT2D eigenvalue weighted by Crippen LogP contribution is 2.29. The molecule has 2 N–H and O–H groups in total. The molecule has 0 saturated carbocycles.